The van der Waals surface area contributed by atoms with Gasteiger partial charge in [0.2, 0.25) is 5.82 Å². The van der Waals surface area contributed by atoms with Gasteiger partial charge in [0.25, 0.3) is 5.89 Å². The maximum Gasteiger partial charge on any atom is 0.257 e. The highest BCUT2D eigenvalue weighted by molar-refractivity contribution is 5.63. The topological polar surface area (TPSA) is 69.4 Å². The minimum atomic E-state index is -0.201. The number of hydrogen-bond acceptors (Lipinski definition) is 6. The molecule has 6 heteroatoms. The van der Waals surface area contributed by atoms with Crippen LogP contribution >= 0.6 is 0 Å². The van der Waals surface area contributed by atoms with E-state index in [0.717, 1.165) is 23.4 Å². The van der Waals surface area contributed by atoms with Gasteiger partial charge in [0.15, 0.2) is 0 Å². The van der Waals surface area contributed by atoms with Crippen LogP contribution in [0.5, 0.6) is 5.75 Å². The first-order valence-electron chi connectivity index (χ1n) is 8.32. The smallest absolute Gasteiger partial charge is 0.257 e. The number of rotatable bonds is 5. The summed E-state index contributed by atoms with van der Waals surface area (Å²) >= 11 is 0. The highest BCUT2D eigenvalue weighted by Gasteiger charge is 2.23. The summed E-state index contributed by atoms with van der Waals surface area (Å²) in [7, 11) is 0. The monoisotopic (exact) mass is 337 g/mol. The van der Waals surface area contributed by atoms with E-state index < -0.39 is 0 Å². The van der Waals surface area contributed by atoms with E-state index in [1.54, 1.807) is 0 Å². The average Bonchev–Trinajstić information content (AvgIpc) is 3.18. The molecule has 128 valence electrons. The van der Waals surface area contributed by atoms with Gasteiger partial charge in [-0.2, -0.15) is 4.98 Å². The standard InChI is InChI=1S/C19H19N3O3/c1-2-6-14(7-3-1)13-24-16-9-5-4-8-15(16)18-21-19(25-22-18)17-12-20-10-11-23-17/h1-9,17,20H,10-13H2/t17-/m1/s1. The van der Waals surface area contributed by atoms with Crippen LogP contribution in [-0.4, -0.2) is 29.8 Å². The lowest BCUT2D eigenvalue weighted by Gasteiger charge is -2.19. The molecule has 1 aromatic heterocycles. The number of morpholine rings is 1. The lowest BCUT2D eigenvalue weighted by Crippen LogP contribution is -2.33. The fraction of sp³-hybridized carbons (Fsp3) is 0.263. The molecule has 1 atom stereocenters. The molecule has 0 spiro atoms. The van der Waals surface area contributed by atoms with Gasteiger partial charge >= 0.3 is 0 Å². The van der Waals surface area contributed by atoms with E-state index >= 15 is 0 Å². The number of benzene rings is 2. The second kappa shape index (κ2) is 7.46. The molecular formula is C19H19N3O3. The molecule has 1 fully saturated rings. The number of aromatic nitrogens is 2. The van der Waals surface area contributed by atoms with Crippen LogP contribution in [0.1, 0.15) is 17.6 Å². The lowest BCUT2D eigenvalue weighted by atomic mass is 10.2. The van der Waals surface area contributed by atoms with Crippen molar-refractivity contribution in [2.24, 2.45) is 0 Å². The third kappa shape index (κ3) is 3.70. The molecule has 0 saturated carbocycles. The molecule has 6 nitrogen and oxygen atoms in total. The molecule has 2 heterocycles. The van der Waals surface area contributed by atoms with Crippen LogP contribution in [-0.2, 0) is 11.3 Å². The van der Waals surface area contributed by atoms with Crippen molar-refractivity contribution in [3.63, 3.8) is 0 Å². The second-order valence-corrected chi connectivity index (χ2v) is 5.79. The van der Waals surface area contributed by atoms with E-state index in [0.29, 0.717) is 31.5 Å². The zero-order valence-electron chi connectivity index (χ0n) is 13.7. The second-order valence-electron chi connectivity index (χ2n) is 5.79. The Morgan fingerprint density at radius 2 is 1.92 bits per heavy atom. The SMILES string of the molecule is c1ccc(COc2ccccc2-c2noc([C@H]3CNCCO3)n2)cc1. The molecular weight excluding hydrogens is 318 g/mol. The van der Waals surface area contributed by atoms with E-state index in [9.17, 15) is 0 Å². The van der Waals surface area contributed by atoms with Crippen LogP contribution in [0.2, 0.25) is 0 Å². The zero-order valence-corrected chi connectivity index (χ0v) is 13.7. The number of nitrogens with zero attached hydrogens (tertiary/aromatic N) is 2. The van der Waals surface area contributed by atoms with E-state index in [-0.39, 0.29) is 6.10 Å². The summed E-state index contributed by atoms with van der Waals surface area (Å²) in [5, 5.41) is 7.36. The number of ether oxygens (including phenoxy) is 2. The van der Waals surface area contributed by atoms with Gasteiger partial charge < -0.3 is 19.3 Å². The fourth-order valence-electron chi connectivity index (χ4n) is 2.71. The van der Waals surface area contributed by atoms with E-state index in [4.69, 9.17) is 14.0 Å². The Balaban J connectivity index is 1.53. The molecule has 3 aromatic rings. The van der Waals surface area contributed by atoms with Crippen molar-refractivity contribution in [2.75, 3.05) is 19.7 Å². The zero-order chi connectivity index (χ0) is 16.9. The molecule has 1 aliphatic heterocycles. The fourth-order valence-corrected chi connectivity index (χ4v) is 2.71. The molecule has 25 heavy (non-hydrogen) atoms. The number of hydrogen-bond donors (Lipinski definition) is 1. The van der Waals surface area contributed by atoms with Crippen molar-refractivity contribution in [3.05, 3.63) is 66.1 Å². The van der Waals surface area contributed by atoms with E-state index in [1.165, 1.54) is 0 Å². The summed E-state index contributed by atoms with van der Waals surface area (Å²) in [6.07, 6.45) is -0.201. The number of nitrogens with one attached hydrogen (secondary N) is 1. The van der Waals surface area contributed by atoms with Gasteiger partial charge in [-0.1, -0.05) is 47.6 Å². The summed E-state index contributed by atoms with van der Waals surface area (Å²) in [6, 6.07) is 17.7. The van der Waals surface area contributed by atoms with Crippen molar-refractivity contribution in [2.45, 2.75) is 12.7 Å². The maximum atomic E-state index is 5.97. The summed E-state index contributed by atoms with van der Waals surface area (Å²) in [6.45, 7) is 2.64. The van der Waals surface area contributed by atoms with E-state index in [1.807, 2.05) is 54.6 Å². The van der Waals surface area contributed by atoms with Crippen LogP contribution in [0.15, 0.2) is 59.1 Å². The molecule has 0 aliphatic carbocycles. The minimum Gasteiger partial charge on any atom is -0.488 e. The Morgan fingerprint density at radius 3 is 2.76 bits per heavy atom. The number of para-hydroxylation sites is 1. The maximum absolute atomic E-state index is 5.97. The Bertz CT molecular complexity index is 814. The van der Waals surface area contributed by atoms with Crippen LogP contribution in [0.25, 0.3) is 11.4 Å². The van der Waals surface area contributed by atoms with Crippen molar-refractivity contribution >= 4 is 0 Å². The van der Waals surface area contributed by atoms with Crippen LogP contribution in [0.3, 0.4) is 0 Å². The lowest BCUT2D eigenvalue weighted by molar-refractivity contribution is 0.00755. The first-order valence-corrected chi connectivity index (χ1v) is 8.32. The van der Waals surface area contributed by atoms with Gasteiger partial charge in [0.05, 0.1) is 12.2 Å². The van der Waals surface area contributed by atoms with Crippen molar-refractivity contribution in [1.82, 2.24) is 15.5 Å². The first-order chi connectivity index (χ1) is 12.4. The molecule has 1 saturated heterocycles. The van der Waals surface area contributed by atoms with Gasteiger partial charge in [0, 0.05) is 13.1 Å². The molecule has 0 radical (unpaired) electrons. The summed E-state index contributed by atoms with van der Waals surface area (Å²) in [4.78, 5) is 4.50. The normalized spacial score (nSPS) is 17.4. The van der Waals surface area contributed by atoms with Gasteiger partial charge in [0.1, 0.15) is 18.5 Å². The molecule has 0 bridgehead atoms. The van der Waals surface area contributed by atoms with Gasteiger partial charge in [-0.05, 0) is 17.7 Å². The molecule has 1 N–H and O–H groups in total. The van der Waals surface area contributed by atoms with Gasteiger partial charge in [-0.15, -0.1) is 0 Å². The van der Waals surface area contributed by atoms with Gasteiger partial charge in [-0.25, -0.2) is 0 Å². The first kappa shape index (κ1) is 15.8. The van der Waals surface area contributed by atoms with Crippen molar-refractivity contribution in [1.29, 1.82) is 0 Å². The van der Waals surface area contributed by atoms with Gasteiger partial charge in [-0.3, -0.25) is 0 Å². The highest BCUT2D eigenvalue weighted by Crippen LogP contribution is 2.29. The largest absolute Gasteiger partial charge is 0.488 e. The summed E-state index contributed by atoms with van der Waals surface area (Å²) in [5.74, 6) is 1.72. The molecule has 0 unspecified atom stereocenters. The summed E-state index contributed by atoms with van der Waals surface area (Å²) < 4.78 is 17.0. The Labute approximate surface area is 145 Å². The van der Waals surface area contributed by atoms with Crippen LogP contribution in [0.4, 0.5) is 0 Å². The third-order valence-electron chi connectivity index (χ3n) is 4.01. The van der Waals surface area contributed by atoms with Crippen LogP contribution < -0.4 is 10.1 Å². The average molecular weight is 337 g/mol. The summed E-state index contributed by atoms with van der Waals surface area (Å²) in [5.41, 5.74) is 1.91. The van der Waals surface area contributed by atoms with Crippen molar-refractivity contribution < 1.29 is 14.0 Å². The minimum absolute atomic E-state index is 0.201. The molecule has 2 aromatic carbocycles. The Kier molecular flexibility index (Phi) is 4.72. The molecule has 1 aliphatic rings. The third-order valence-corrected chi connectivity index (χ3v) is 4.01. The predicted octanol–water partition coefficient (Wildman–Crippen LogP) is 2.98. The molecule has 4 rings (SSSR count). The Morgan fingerprint density at radius 1 is 1.08 bits per heavy atom. The quantitative estimate of drug-likeness (QED) is 0.772. The molecule has 0 amide bonds. The predicted molar refractivity (Wildman–Crippen MR) is 92.1 cm³/mol. The van der Waals surface area contributed by atoms with Crippen molar-refractivity contribution in [3.8, 4) is 17.1 Å². The Hall–Kier alpha value is -2.70. The highest BCUT2D eigenvalue weighted by atomic mass is 16.5. The van der Waals surface area contributed by atoms with E-state index in [2.05, 4.69) is 15.5 Å². The van der Waals surface area contributed by atoms with Crippen LogP contribution in [0, 0.1) is 0 Å².